The lowest BCUT2D eigenvalue weighted by Gasteiger charge is -2.24. The summed E-state index contributed by atoms with van der Waals surface area (Å²) in [7, 11) is -3.98. The van der Waals surface area contributed by atoms with Crippen LogP contribution in [0.4, 0.5) is 0 Å². The second-order valence-corrected chi connectivity index (χ2v) is 7.90. The number of carbonyl (C=O) groups is 2. The van der Waals surface area contributed by atoms with Gasteiger partial charge < -0.3 is 10.5 Å². The number of nitrogens with two attached hydrogens (primary N) is 1. The molecule has 0 aliphatic heterocycles. The number of benzene rings is 1. The van der Waals surface area contributed by atoms with E-state index in [2.05, 4.69) is 4.72 Å². The van der Waals surface area contributed by atoms with Crippen LogP contribution in [0.1, 0.15) is 32.8 Å². The Bertz CT molecular complexity index is 675. The van der Waals surface area contributed by atoms with Gasteiger partial charge in [0.2, 0.25) is 15.9 Å². The molecule has 3 N–H and O–H groups in total. The summed E-state index contributed by atoms with van der Waals surface area (Å²) in [6, 6.07) is 4.70. The number of primary amides is 1. The van der Waals surface area contributed by atoms with Crippen molar-refractivity contribution in [3.63, 3.8) is 0 Å². The number of hydrogen-bond acceptors (Lipinski definition) is 5. The van der Waals surface area contributed by atoms with Crippen LogP contribution < -0.4 is 10.5 Å². The Morgan fingerprint density at radius 1 is 1.22 bits per heavy atom. The minimum absolute atomic E-state index is 0.0128. The third kappa shape index (κ3) is 6.37. The average molecular weight is 342 g/mol. The van der Waals surface area contributed by atoms with Crippen molar-refractivity contribution >= 4 is 21.9 Å². The van der Waals surface area contributed by atoms with E-state index >= 15 is 0 Å². The SMILES string of the molecule is Cc1ccc(S(=O)(=O)NC(CC(N)=O)C(=O)OC(C)(C)C)cc1. The fourth-order valence-corrected chi connectivity index (χ4v) is 2.90. The van der Waals surface area contributed by atoms with Gasteiger partial charge in [0.1, 0.15) is 11.6 Å². The quantitative estimate of drug-likeness (QED) is 0.744. The molecule has 0 aromatic heterocycles. The van der Waals surface area contributed by atoms with E-state index in [1.165, 1.54) is 12.1 Å². The number of esters is 1. The summed E-state index contributed by atoms with van der Waals surface area (Å²) >= 11 is 0. The van der Waals surface area contributed by atoms with Crippen LogP contribution in [-0.2, 0) is 24.3 Å². The largest absolute Gasteiger partial charge is 0.459 e. The molecule has 1 aromatic carbocycles. The third-order valence-corrected chi connectivity index (χ3v) is 4.21. The van der Waals surface area contributed by atoms with Crippen molar-refractivity contribution in [2.45, 2.75) is 50.7 Å². The van der Waals surface area contributed by atoms with Crippen molar-refractivity contribution in [2.24, 2.45) is 5.73 Å². The normalized spacial score (nSPS) is 13.4. The number of sulfonamides is 1. The van der Waals surface area contributed by atoms with Gasteiger partial charge in [-0.05, 0) is 39.8 Å². The lowest BCUT2D eigenvalue weighted by atomic mass is 10.1. The summed E-state index contributed by atoms with van der Waals surface area (Å²) < 4.78 is 32.0. The number of rotatable bonds is 6. The molecule has 0 heterocycles. The summed E-state index contributed by atoms with van der Waals surface area (Å²) in [5.41, 5.74) is 5.17. The number of amides is 1. The zero-order valence-corrected chi connectivity index (χ0v) is 14.4. The standard InChI is InChI=1S/C15H22N2O5S/c1-10-5-7-11(8-6-10)23(20,21)17-12(9-13(16)18)14(19)22-15(2,3)4/h5-8,12,17H,9H2,1-4H3,(H2,16,18). The first-order valence-electron chi connectivity index (χ1n) is 7.01. The highest BCUT2D eigenvalue weighted by Gasteiger charge is 2.31. The molecule has 1 unspecified atom stereocenters. The molecule has 0 spiro atoms. The van der Waals surface area contributed by atoms with Crippen LogP contribution in [0.2, 0.25) is 0 Å². The van der Waals surface area contributed by atoms with Gasteiger partial charge in [-0.3, -0.25) is 9.59 Å². The van der Waals surface area contributed by atoms with Crippen molar-refractivity contribution < 1.29 is 22.7 Å². The molecule has 1 rings (SSSR count). The molecule has 0 saturated carbocycles. The van der Waals surface area contributed by atoms with Gasteiger partial charge in [-0.15, -0.1) is 0 Å². The fraction of sp³-hybridized carbons (Fsp3) is 0.467. The molecule has 0 bridgehead atoms. The van der Waals surface area contributed by atoms with Gasteiger partial charge in [0.25, 0.3) is 0 Å². The van der Waals surface area contributed by atoms with Crippen LogP contribution in [0.25, 0.3) is 0 Å². The van der Waals surface area contributed by atoms with E-state index in [9.17, 15) is 18.0 Å². The topological polar surface area (TPSA) is 116 Å². The maximum absolute atomic E-state index is 12.3. The average Bonchev–Trinajstić information content (AvgIpc) is 2.35. The Hall–Kier alpha value is -1.93. The number of carbonyl (C=O) groups excluding carboxylic acids is 2. The third-order valence-electron chi connectivity index (χ3n) is 2.73. The number of ether oxygens (including phenoxy) is 1. The van der Waals surface area contributed by atoms with Crippen molar-refractivity contribution in [1.29, 1.82) is 0 Å². The predicted octanol–water partition coefficient (Wildman–Crippen LogP) is 0.859. The molecular weight excluding hydrogens is 320 g/mol. The van der Waals surface area contributed by atoms with Gasteiger partial charge in [-0.25, -0.2) is 8.42 Å². The summed E-state index contributed by atoms with van der Waals surface area (Å²) in [6.45, 7) is 6.74. The van der Waals surface area contributed by atoms with Crippen molar-refractivity contribution in [3.8, 4) is 0 Å². The number of aryl methyl sites for hydroxylation is 1. The van der Waals surface area contributed by atoms with E-state index in [0.717, 1.165) is 5.56 Å². The highest BCUT2D eigenvalue weighted by molar-refractivity contribution is 7.89. The van der Waals surface area contributed by atoms with Gasteiger partial charge in [-0.2, -0.15) is 4.72 Å². The molecule has 8 heteroatoms. The Kier molecular flexibility index (Phi) is 5.90. The van der Waals surface area contributed by atoms with Crippen LogP contribution in [0.3, 0.4) is 0 Å². The van der Waals surface area contributed by atoms with E-state index in [-0.39, 0.29) is 4.90 Å². The van der Waals surface area contributed by atoms with Gasteiger partial charge in [0.05, 0.1) is 11.3 Å². The monoisotopic (exact) mass is 342 g/mol. The second-order valence-electron chi connectivity index (χ2n) is 6.19. The first-order chi connectivity index (χ1) is 10.4. The Labute approximate surface area is 136 Å². The van der Waals surface area contributed by atoms with Gasteiger partial charge in [0, 0.05) is 0 Å². The van der Waals surface area contributed by atoms with E-state index in [1.807, 2.05) is 6.92 Å². The molecule has 0 saturated heterocycles. The molecule has 1 atom stereocenters. The maximum Gasteiger partial charge on any atom is 0.325 e. The van der Waals surface area contributed by atoms with E-state index in [4.69, 9.17) is 10.5 Å². The lowest BCUT2D eigenvalue weighted by Crippen LogP contribution is -2.46. The fourth-order valence-electron chi connectivity index (χ4n) is 1.72. The molecule has 0 fully saturated rings. The van der Waals surface area contributed by atoms with Crippen molar-refractivity contribution in [1.82, 2.24) is 4.72 Å². The molecule has 0 aliphatic rings. The maximum atomic E-state index is 12.3. The Balaban J connectivity index is 3.02. The minimum Gasteiger partial charge on any atom is -0.459 e. The van der Waals surface area contributed by atoms with E-state index < -0.39 is 40.0 Å². The van der Waals surface area contributed by atoms with E-state index in [0.29, 0.717) is 0 Å². The number of nitrogens with one attached hydrogen (secondary N) is 1. The molecule has 23 heavy (non-hydrogen) atoms. The Morgan fingerprint density at radius 2 is 1.74 bits per heavy atom. The first-order valence-corrected chi connectivity index (χ1v) is 8.49. The first kappa shape index (κ1) is 19.1. The van der Waals surface area contributed by atoms with Gasteiger partial charge in [-0.1, -0.05) is 17.7 Å². The van der Waals surface area contributed by atoms with Crippen LogP contribution in [-0.4, -0.2) is 31.9 Å². The predicted molar refractivity (Wildman–Crippen MR) is 84.9 cm³/mol. The summed E-state index contributed by atoms with van der Waals surface area (Å²) in [6.07, 6.45) is -0.486. The van der Waals surface area contributed by atoms with Crippen LogP contribution in [0.15, 0.2) is 29.2 Å². The summed E-state index contributed by atoms with van der Waals surface area (Å²) in [5.74, 6) is -1.67. The molecule has 1 amide bonds. The molecule has 0 aliphatic carbocycles. The highest BCUT2D eigenvalue weighted by atomic mass is 32.2. The summed E-state index contributed by atoms with van der Waals surface area (Å²) in [4.78, 5) is 23.2. The lowest BCUT2D eigenvalue weighted by molar-refractivity contribution is -0.157. The molecule has 7 nitrogen and oxygen atoms in total. The highest BCUT2D eigenvalue weighted by Crippen LogP contribution is 2.14. The summed E-state index contributed by atoms with van der Waals surface area (Å²) in [5, 5.41) is 0. The smallest absolute Gasteiger partial charge is 0.325 e. The molecule has 0 radical (unpaired) electrons. The molecule has 1 aromatic rings. The van der Waals surface area contributed by atoms with Crippen molar-refractivity contribution in [3.05, 3.63) is 29.8 Å². The zero-order chi connectivity index (χ0) is 17.8. The molecule has 128 valence electrons. The van der Waals surface area contributed by atoms with Crippen LogP contribution >= 0.6 is 0 Å². The van der Waals surface area contributed by atoms with Crippen molar-refractivity contribution in [2.75, 3.05) is 0 Å². The van der Waals surface area contributed by atoms with E-state index in [1.54, 1.807) is 32.9 Å². The van der Waals surface area contributed by atoms with Crippen LogP contribution in [0, 0.1) is 6.92 Å². The number of hydrogen-bond donors (Lipinski definition) is 2. The second kappa shape index (κ2) is 7.10. The minimum atomic E-state index is -3.98. The van der Waals surface area contributed by atoms with Gasteiger partial charge >= 0.3 is 5.97 Å². The molecular formula is C15H22N2O5S. The zero-order valence-electron chi connectivity index (χ0n) is 13.6. The van der Waals surface area contributed by atoms with Crippen LogP contribution in [0.5, 0.6) is 0 Å². The Morgan fingerprint density at radius 3 is 2.17 bits per heavy atom. The van der Waals surface area contributed by atoms with Gasteiger partial charge in [0.15, 0.2) is 0 Å².